The number of anilines is 1. The molecule has 1 aromatic heterocycles. The summed E-state index contributed by atoms with van der Waals surface area (Å²) in [6.45, 7) is 6.17. The van der Waals surface area contributed by atoms with Crippen molar-refractivity contribution in [3.8, 4) is 5.75 Å². The number of nitrogens with one attached hydrogen (secondary N) is 2. The minimum atomic E-state index is 0.206. The molecular formula is C14H19N3O. The summed E-state index contributed by atoms with van der Waals surface area (Å²) in [6, 6.07) is 8.40. The molecule has 0 saturated heterocycles. The Kier molecular flexibility index (Phi) is 3.87. The molecular weight excluding hydrogens is 226 g/mol. The Hall–Kier alpha value is -1.97. The van der Waals surface area contributed by atoms with Gasteiger partial charge in [-0.05, 0) is 38.5 Å². The number of aromatic amines is 1. The first-order chi connectivity index (χ1) is 8.65. The topological polar surface area (TPSA) is 49.9 Å². The average molecular weight is 245 g/mol. The van der Waals surface area contributed by atoms with Crippen LogP contribution in [0.2, 0.25) is 0 Å². The highest BCUT2D eigenvalue weighted by molar-refractivity contribution is 5.41. The van der Waals surface area contributed by atoms with E-state index in [2.05, 4.69) is 34.6 Å². The van der Waals surface area contributed by atoms with Crippen molar-refractivity contribution in [2.45, 2.75) is 32.9 Å². The maximum atomic E-state index is 5.62. The molecule has 2 N–H and O–H groups in total. The largest absolute Gasteiger partial charge is 0.491 e. The highest BCUT2D eigenvalue weighted by atomic mass is 16.5. The third-order valence-electron chi connectivity index (χ3n) is 2.63. The molecule has 1 unspecified atom stereocenters. The second kappa shape index (κ2) is 5.58. The van der Waals surface area contributed by atoms with Crippen molar-refractivity contribution < 1.29 is 4.74 Å². The summed E-state index contributed by atoms with van der Waals surface area (Å²) < 4.78 is 5.62. The van der Waals surface area contributed by atoms with E-state index in [-0.39, 0.29) is 12.1 Å². The minimum Gasteiger partial charge on any atom is -0.491 e. The normalized spacial score (nSPS) is 12.4. The SMILES string of the molecule is CC(C)Oc1ccc(C(C)Nc2cn[nH]c2)cc1. The molecule has 0 aliphatic heterocycles. The molecule has 0 fully saturated rings. The van der Waals surface area contributed by atoms with E-state index < -0.39 is 0 Å². The number of aromatic nitrogens is 2. The number of ether oxygens (including phenoxy) is 1. The number of H-pyrrole nitrogens is 1. The fourth-order valence-electron chi connectivity index (χ4n) is 1.77. The van der Waals surface area contributed by atoms with Crippen LogP contribution in [-0.4, -0.2) is 16.3 Å². The van der Waals surface area contributed by atoms with Gasteiger partial charge >= 0.3 is 0 Å². The molecule has 2 rings (SSSR count). The summed E-state index contributed by atoms with van der Waals surface area (Å²) in [6.07, 6.45) is 3.82. The Bertz CT molecular complexity index is 462. The van der Waals surface area contributed by atoms with Gasteiger partial charge in [0.2, 0.25) is 0 Å². The van der Waals surface area contributed by atoms with Gasteiger partial charge in [-0.2, -0.15) is 5.10 Å². The molecule has 18 heavy (non-hydrogen) atoms. The Labute approximate surface area is 107 Å². The lowest BCUT2D eigenvalue weighted by Crippen LogP contribution is -2.07. The fraction of sp³-hybridized carbons (Fsp3) is 0.357. The number of hydrogen-bond donors (Lipinski definition) is 2. The summed E-state index contributed by atoms with van der Waals surface area (Å²) >= 11 is 0. The number of benzene rings is 1. The smallest absolute Gasteiger partial charge is 0.119 e. The third kappa shape index (κ3) is 3.26. The molecule has 0 aliphatic rings. The van der Waals surface area contributed by atoms with Gasteiger partial charge in [0, 0.05) is 12.2 Å². The van der Waals surface area contributed by atoms with Crippen LogP contribution >= 0.6 is 0 Å². The van der Waals surface area contributed by atoms with Crippen molar-refractivity contribution in [3.05, 3.63) is 42.2 Å². The van der Waals surface area contributed by atoms with Crippen molar-refractivity contribution >= 4 is 5.69 Å². The molecule has 0 spiro atoms. The van der Waals surface area contributed by atoms with E-state index in [0.29, 0.717) is 0 Å². The zero-order valence-electron chi connectivity index (χ0n) is 11.0. The van der Waals surface area contributed by atoms with Gasteiger partial charge in [0.1, 0.15) is 5.75 Å². The van der Waals surface area contributed by atoms with E-state index in [0.717, 1.165) is 11.4 Å². The van der Waals surface area contributed by atoms with Gasteiger partial charge in [0.05, 0.1) is 18.0 Å². The average Bonchev–Trinajstić information content (AvgIpc) is 2.82. The molecule has 1 aromatic carbocycles. The zero-order valence-corrected chi connectivity index (χ0v) is 11.0. The van der Waals surface area contributed by atoms with Crippen LogP contribution in [0.1, 0.15) is 32.4 Å². The van der Waals surface area contributed by atoms with Crippen molar-refractivity contribution in [2.24, 2.45) is 0 Å². The molecule has 4 nitrogen and oxygen atoms in total. The Morgan fingerprint density at radius 1 is 1.17 bits per heavy atom. The molecule has 1 heterocycles. The Balaban J connectivity index is 2.00. The molecule has 0 radical (unpaired) electrons. The van der Waals surface area contributed by atoms with E-state index in [1.54, 1.807) is 6.20 Å². The van der Waals surface area contributed by atoms with Crippen LogP contribution in [0.25, 0.3) is 0 Å². The molecule has 0 amide bonds. The first-order valence-electron chi connectivity index (χ1n) is 6.17. The first kappa shape index (κ1) is 12.5. The zero-order chi connectivity index (χ0) is 13.0. The van der Waals surface area contributed by atoms with Crippen LogP contribution in [-0.2, 0) is 0 Å². The summed E-state index contributed by atoms with van der Waals surface area (Å²) in [7, 11) is 0. The predicted octanol–water partition coefficient (Wildman–Crippen LogP) is 3.37. The molecule has 1 atom stereocenters. The van der Waals surface area contributed by atoms with Crippen LogP contribution in [0, 0.1) is 0 Å². The van der Waals surface area contributed by atoms with Crippen LogP contribution < -0.4 is 10.1 Å². The molecule has 0 bridgehead atoms. The first-order valence-corrected chi connectivity index (χ1v) is 6.17. The van der Waals surface area contributed by atoms with Crippen LogP contribution in [0.4, 0.5) is 5.69 Å². The van der Waals surface area contributed by atoms with E-state index in [1.807, 2.05) is 32.2 Å². The van der Waals surface area contributed by atoms with E-state index in [4.69, 9.17) is 4.74 Å². The minimum absolute atomic E-state index is 0.206. The second-order valence-corrected chi connectivity index (χ2v) is 4.59. The summed E-state index contributed by atoms with van der Waals surface area (Å²) in [5, 5.41) is 10.1. The standard InChI is InChI=1S/C14H19N3O/c1-10(2)18-14-6-4-12(5-7-14)11(3)17-13-8-15-16-9-13/h4-11,17H,1-3H3,(H,15,16). The van der Waals surface area contributed by atoms with Gasteiger partial charge in [-0.25, -0.2) is 0 Å². The van der Waals surface area contributed by atoms with E-state index in [1.165, 1.54) is 5.56 Å². The van der Waals surface area contributed by atoms with Crippen LogP contribution in [0.15, 0.2) is 36.7 Å². The maximum absolute atomic E-state index is 5.62. The third-order valence-corrected chi connectivity index (χ3v) is 2.63. The van der Waals surface area contributed by atoms with Crippen molar-refractivity contribution in [2.75, 3.05) is 5.32 Å². The molecule has 96 valence electrons. The summed E-state index contributed by atoms with van der Waals surface area (Å²) in [5.74, 6) is 0.907. The van der Waals surface area contributed by atoms with Gasteiger partial charge in [-0.15, -0.1) is 0 Å². The Morgan fingerprint density at radius 2 is 1.89 bits per heavy atom. The van der Waals surface area contributed by atoms with Gasteiger partial charge < -0.3 is 10.1 Å². The van der Waals surface area contributed by atoms with Gasteiger partial charge in [-0.3, -0.25) is 5.10 Å². The monoisotopic (exact) mass is 245 g/mol. The van der Waals surface area contributed by atoms with Gasteiger partial charge in [0.25, 0.3) is 0 Å². The molecule has 0 saturated carbocycles. The summed E-state index contributed by atoms with van der Waals surface area (Å²) in [4.78, 5) is 0. The van der Waals surface area contributed by atoms with Crippen molar-refractivity contribution in [1.82, 2.24) is 10.2 Å². The molecule has 4 heteroatoms. The highest BCUT2D eigenvalue weighted by Gasteiger charge is 2.06. The Morgan fingerprint density at radius 3 is 2.44 bits per heavy atom. The van der Waals surface area contributed by atoms with Crippen LogP contribution in [0.5, 0.6) is 5.75 Å². The predicted molar refractivity (Wildman–Crippen MR) is 72.8 cm³/mol. The lowest BCUT2D eigenvalue weighted by atomic mass is 10.1. The molecule has 0 aliphatic carbocycles. The maximum Gasteiger partial charge on any atom is 0.119 e. The lowest BCUT2D eigenvalue weighted by molar-refractivity contribution is 0.242. The number of hydrogen-bond acceptors (Lipinski definition) is 3. The van der Waals surface area contributed by atoms with E-state index in [9.17, 15) is 0 Å². The van der Waals surface area contributed by atoms with Crippen molar-refractivity contribution in [3.63, 3.8) is 0 Å². The molecule has 2 aromatic rings. The highest BCUT2D eigenvalue weighted by Crippen LogP contribution is 2.21. The quantitative estimate of drug-likeness (QED) is 0.849. The van der Waals surface area contributed by atoms with Crippen molar-refractivity contribution in [1.29, 1.82) is 0 Å². The fourth-order valence-corrected chi connectivity index (χ4v) is 1.77. The van der Waals surface area contributed by atoms with Gasteiger partial charge in [0.15, 0.2) is 0 Å². The van der Waals surface area contributed by atoms with Gasteiger partial charge in [-0.1, -0.05) is 12.1 Å². The number of nitrogens with zero attached hydrogens (tertiary/aromatic N) is 1. The van der Waals surface area contributed by atoms with Crippen LogP contribution in [0.3, 0.4) is 0 Å². The lowest BCUT2D eigenvalue weighted by Gasteiger charge is -2.15. The second-order valence-electron chi connectivity index (χ2n) is 4.59. The summed E-state index contributed by atoms with van der Waals surface area (Å²) in [5.41, 5.74) is 2.21. The van der Waals surface area contributed by atoms with E-state index >= 15 is 0 Å². The number of rotatable bonds is 5.